The first-order valence-electron chi connectivity index (χ1n) is 8.24. The Morgan fingerprint density at radius 1 is 1.11 bits per heavy atom. The molecule has 0 atom stereocenters. The average molecular weight is 355 g/mol. The summed E-state index contributed by atoms with van der Waals surface area (Å²) in [7, 11) is 0. The summed E-state index contributed by atoms with van der Waals surface area (Å²) >= 11 is 0. The Labute approximate surface area is 157 Å². The lowest BCUT2D eigenvalue weighted by molar-refractivity contribution is 0.0996. The molecule has 5 heteroatoms. The molecular weight excluding hydrogens is 338 g/mol. The molecule has 0 aliphatic heterocycles. The number of nitrogens with one attached hydrogen (secondary N) is 1. The Hall–Kier alpha value is -3.91. The zero-order chi connectivity index (χ0) is 19.4. The number of primary amides is 1. The first-order chi connectivity index (χ1) is 13.0. The van der Waals surface area contributed by atoms with E-state index >= 15 is 0 Å². The second kappa shape index (κ2) is 7.54. The van der Waals surface area contributed by atoms with Gasteiger partial charge in [0.05, 0.1) is 11.3 Å². The van der Waals surface area contributed by atoms with Crippen molar-refractivity contribution in [3.63, 3.8) is 0 Å². The quantitative estimate of drug-likeness (QED) is 0.704. The number of aromatic nitrogens is 1. The number of benzene rings is 2. The van der Waals surface area contributed by atoms with E-state index in [4.69, 9.17) is 12.2 Å². The van der Waals surface area contributed by atoms with Crippen molar-refractivity contribution in [3.8, 4) is 23.6 Å². The predicted octanol–water partition coefficient (Wildman–Crippen LogP) is 3.39. The van der Waals surface area contributed by atoms with Crippen LogP contribution in [0.1, 0.15) is 31.8 Å². The van der Waals surface area contributed by atoms with E-state index in [2.05, 4.69) is 16.2 Å². The molecule has 27 heavy (non-hydrogen) atoms. The van der Waals surface area contributed by atoms with Gasteiger partial charge in [-0.1, -0.05) is 36.3 Å². The minimum absolute atomic E-state index is 0.121. The lowest BCUT2D eigenvalue weighted by atomic mass is 9.96. The third-order valence-corrected chi connectivity index (χ3v) is 4.06. The number of nitrogens with zero attached hydrogens (tertiary/aromatic N) is 1. The highest BCUT2D eigenvalue weighted by molar-refractivity contribution is 6.10. The minimum atomic E-state index is -0.694. The van der Waals surface area contributed by atoms with Crippen molar-refractivity contribution in [2.45, 2.75) is 6.92 Å². The molecular formula is C22H17N3O2. The third-order valence-electron chi connectivity index (χ3n) is 4.06. The molecule has 0 bridgehead atoms. The Kier molecular flexibility index (Phi) is 5.00. The highest BCUT2D eigenvalue weighted by Gasteiger charge is 2.20. The summed E-state index contributed by atoms with van der Waals surface area (Å²) in [6, 6.07) is 15.9. The maximum atomic E-state index is 12.9. The van der Waals surface area contributed by atoms with Gasteiger partial charge >= 0.3 is 0 Å². The minimum Gasteiger partial charge on any atom is -0.365 e. The summed E-state index contributed by atoms with van der Waals surface area (Å²) < 4.78 is 0. The fourth-order valence-corrected chi connectivity index (χ4v) is 2.84. The lowest BCUT2D eigenvalue weighted by Gasteiger charge is -2.13. The number of carbonyl (C=O) groups excluding carboxylic acids is 2. The fourth-order valence-electron chi connectivity index (χ4n) is 2.84. The van der Waals surface area contributed by atoms with Crippen LogP contribution < -0.4 is 11.1 Å². The molecule has 3 N–H and O–H groups in total. The summed E-state index contributed by atoms with van der Waals surface area (Å²) in [6.07, 6.45) is 6.98. The molecule has 2 aromatic carbocycles. The van der Waals surface area contributed by atoms with Crippen LogP contribution in [0, 0.1) is 19.3 Å². The van der Waals surface area contributed by atoms with E-state index in [1.807, 2.05) is 25.1 Å². The van der Waals surface area contributed by atoms with E-state index in [1.165, 1.54) is 6.20 Å². The standard InChI is InChI=1S/C22H17N3O2/c1-3-15-11-12-24-20(19(15)21(23)26)17-9-4-5-10-18(17)22(27)25-16-8-6-7-14(2)13-16/h1,4-13H,2H3,(H2,23,26)(H,25,27). The zero-order valence-corrected chi connectivity index (χ0v) is 14.7. The number of rotatable bonds is 4. The number of pyridine rings is 1. The lowest BCUT2D eigenvalue weighted by Crippen LogP contribution is -2.17. The first-order valence-corrected chi connectivity index (χ1v) is 8.24. The molecule has 2 amide bonds. The van der Waals surface area contributed by atoms with Crippen LogP contribution >= 0.6 is 0 Å². The maximum absolute atomic E-state index is 12.9. The molecule has 3 aromatic rings. The molecule has 0 spiro atoms. The average Bonchev–Trinajstić information content (AvgIpc) is 2.67. The number of hydrogen-bond donors (Lipinski definition) is 2. The molecule has 0 saturated heterocycles. The topological polar surface area (TPSA) is 85.1 Å². The van der Waals surface area contributed by atoms with E-state index in [9.17, 15) is 9.59 Å². The molecule has 3 rings (SSSR count). The first kappa shape index (κ1) is 17.9. The van der Waals surface area contributed by atoms with Crippen LogP contribution in [0.5, 0.6) is 0 Å². The zero-order valence-electron chi connectivity index (χ0n) is 14.7. The summed E-state index contributed by atoms with van der Waals surface area (Å²) in [5, 5.41) is 2.86. The van der Waals surface area contributed by atoms with Crippen LogP contribution in [-0.4, -0.2) is 16.8 Å². The largest absolute Gasteiger partial charge is 0.365 e. The molecule has 0 unspecified atom stereocenters. The molecule has 1 aromatic heterocycles. The van der Waals surface area contributed by atoms with E-state index in [0.717, 1.165) is 5.56 Å². The summed E-state index contributed by atoms with van der Waals surface area (Å²) in [4.78, 5) is 29.1. The van der Waals surface area contributed by atoms with E-state index in [0.29, 0.717) is 22.4 Å². The van der Waals surface area contributed by atoms with Crippen LogP contribution in [-0.2, 0) is 0 Å². The van der Waals surface area contributed by atoms with Gasteiger partial charge in [0.2, 0.25) is 0 Å². The SMILES string of the molecule is C#Cc1ccnc(-c2ccccc2C(=O)Nc2cccc(C)c2)c1C(N)=O. The van der Waals surface area contributed by atoms with E-state index in [-0.39, 0.29) is 17.2 Å². The summed E-state index contributed by atoms with van der Waals surface area (Å²) in [5.74, 6) is 1.43. The van der Waals surface area contributed by atoms with Crippen LogP contribution in [0.2, 0.25) is 0 Å². The van der Waals surface area contributed by atoms with Crippen molar-refractivity contribution < 1.29 is 9.59 Å². The second-order valence-electron chi connectivity index (χ2n) is 5.96. The van der Waals surface area contributed by atoms with Crippen molar-refractivity contribution in [2.75, 3.05) is 5.32 Å². The molecule has 1 heterocycles. The number of amides is 2. The maximum Gasteiger partial charge on any atom is 0.256 e. The van der Waals surface area contributed by atoms with Crippen molar-refractivity contribution in [1.29, 1.82) is 0 Å². The van der Waals surface area contributed by atoms with Gasteiger partial charge in [-0.15, -0.1) is 6.42 Å². The Morgan fingerprint density at radius 3 is 2.59 bits per heavy atom. The number of hydrogen-bond acceptors (Lipinski definition) is 3. The van der Waals surface area contributed by atoms with Crippen LogP contribution in [0.3, 0.4) is 0 Å². The summed E-state index contributed by atoms with van der Waals surface area (Å²) in [6.45, 7) is 1.94. The Bertz CT molecular complexity index is 1080. The molecule has 0 aliphatic carbocycles. The van der Waals surface area contributed by atoms with Crippen molar-refractivity contribution in [2.24, 2.45) is 5.73 Å². The van der Waals surface area contributed by atoms with Crippen LogP contribution in [0.25, 0.3) is 11.3 Å². The monoisotopic (exact) mass is 355 g/mol. The van der Waals surface area contributed by atoms with Crippen molar-refractivity contribution >= 4 is 17.5 Å². The van der Waals surface area contributed by atoms with Gasteiger partial charge in [0.1, 0.15) is 0 Å². The molecule has 0 radical (unpaired) electrons. The molecule has 132 valence electrons. The third kappa shape index (κ3) is 3.70. The fraction of sp³-hybridized carbons (Fsp3) is 0.0455. The molecule has 0 aliphatic rings. The second-order valence-corrected chi connectivity index (χ2v) is 5.96. The summed E-state index contributed by atoms with van der Waals surface area (Å²) in [5.41, 5.74) is 8.81. The van der Waals surface area contributed by atoms with Gasteiger partial charge < -0.3 is 11.1 Å². The van der Waals surface area contributed by atoms with Crippen molar-refractivity contribution in [3.05, 3.63) is 83.0 Å². The normalized spacial score (nSPS) is 10.1. The van der Waals surface area contributed by atoms with Gasteiger partial charge in [-0.2, -0.15) is 0 Å². The highest BCUT2D eigenvalue weighted by atomic mass is 16.2. The van der Waals surface area contributed by atoms with E-state index < -0.39 is 5.91 Å². The van der Waals surface area contributed by atoms with Crippen molar-refractivity contribution in [1.82, 2.24) is 4.98 Å². The highest BCUT2D eigenvalue weighted by Crippen LogP contribution is 2.27. The van der Waals surface area contributed by atoms with Gasteiger partial charge in [-0.25, -0.2) is 0 Å². The Balaban J connectivity index is 2.09. The van der Waals surface area contributed by atoms with Gasteiger partial charge in [0, 0.05) is 28.6 Å². The Morgan fingerprint density at radius 2 is 1.89 bits per heavy atom. The smallest absolute Gasteiger partial charge is 0.256 e. The molecule has 5 nitrogen and oxygen atoms in total. The van der Waals surface area contributed by atoms with Gasteiger partial charge in [-0.05, 0) is 36.8 Å². The number of nitrogens with two attached hydrogens (primary N) is 1. The van der Waals surface area contributed by atoms with Crippen LogP contribution in [0.4, 0.5) is 5.69 Å². The van der Waals surface area contributed by atoms with Crippen LogP contribution in [0.15, 0.2) is 60.8 Å². The van der Waals surface area contributed by atoms with Gasteiger partial charge in [0.15, 0.2) is 0 Å². The molecule has 0 fully saturated rings. The number of carbonyl (C=O) groups is 2. The van der Waals surface area contributed by atoms with Gasteiger partial charge in [0.25, 0.3) is 11.8 Å². The predicted molar refractivity (Wildman–Crippen MR) is 105 cm³/mol. The number of terminal acetylenes is 1. The molecule has 0 saturated carbocycles. The van der Waals surface area contributed by atoms with Gasteiger partial charge in [-0.3, -0.25) is 14.6 Å². The number of aryl methyl sites for hydroxylation is 1. The number of anilines is 1. The van der Waals surface area contributed by atoms with E-state index in [1.54, 1.807) is 36.4 Å².